The summed E-state index contributed by atoms with van der Waals surface area (Å²) in [5.74, 6) is 0.555. The number of aryl methyl sites for hydroxylation is 1. The molecule has 0 radical (unpaired) electrons. The van der Waals surface area contributed by atoms with Gasteiger partial charge in [-0.3, -0.25) is 0 Å². The summed E-state index contributed by atoms with van der Waals surface area (Å²) < 4.78 is 16.1. The molecule has 0 aromatic heterocycles. The molecule has 4 nitrogen and oxygen atoms in total. The summed E-state index contributed by atoms with van der Waals surface area (Å²) >= 11 is 0. The van der Waals surface area contributed by atoms with E-state index < -0.39 is 0 Å². The molecule has 0 unspecified atom stereocenters. The summed E-state index contributed by atoms with van der Waals surface area (Å²) in [5, 5.41) is 0. The Morgan fingerprint density at radius 2 is 1.70 bits per heavy atom. The average molecular weight is 320 g/mol. The molecule has 0 aliphatic carbocycles. The van der Waals surface area contributed by atoms with Crippen LogP contribution < -0.4 is 4.74 Å². The van der Waals surface area contributed by atoms with E-state index in [1.54, 1.807) is 6.92 Å². The molecule has 1 aromatic carbocycles. The van der Waals surface area contributed by atoms with Crippen LogP contribution in [0.3, 0.4) is 0 Å². The minimum Gasteiger partial charge on any atom is -0.494 e. The first kappa shape index (κ1) is 19.2. The van der Waals surface area contributed by atoms with Crippen molar-refractivity contribution in [1.29, 1.82) is 0 Å². The smallest absolute Gasteiger partial charge is 0.333 e. The Bertz CT molecular complexity index is 465. The van der Waals surface area contributed by atoms with Crippen LogP contribution in [0.4, 0.5) is 0 Å². The molecule has 0 saturated heterocycles. The van der Waals surface area contributed by atoms with Crippen molar-refractivity contribution < 1.29 is 19.0 Å². The second-order valence-corrected chi connectivity index (χ2v) is 5.48. The average Bonchev–Trinajstić information content (AvgIpc) is 2.54. The van der Waals surface area contributed by atoms with Gasteiger partial charge in [0.25, 0.3) is 0 Å². The summed E-state index contributed by atoms with van der Waals surface area (Å²) in [7, 11) is 0. The maximum atomic E-state index is 11.1. The van der Waals surface area contributed by atoms with E-state index in [9.17, 15) is 4.79 Å². The first-order valence-electron chi connectivity index (χ1n) is 8.25. The first-order valence-corrected chi connectivity index (χ1v) is 8.25. The number of hydrogen-bond donors (Lipinski definition) is 0. The summed E-state index contributed by atoms with van der Waals surface area (Å²) in [6.45, 7) is 9.56. The van der Waals surface area contributed by atoms with E-state index in [0.717, 1.165) is 25.0 Å². The highest BCUT2D eigenvalue weighted by atomic mass is 16.5. The summed E-state index contributed by atoms with van der Waals surface area (Å²) in [6.07, 6.45) is 3.79. The van der Waals surface area contributed by atoms with Crippen LogP contribution >= 0.6 is 0 Å². The molecule has 0 spiro atoms. The number of ether oxygens (including phenoxy) is 3. The molecular formula is C19H28O4. The van der Waals surface area contributed by atoms with Crippen molar-refractivity contribution in [3.05, 3.63) is 42.0 Å². The lowest BCUT2D eigenvalue weighted by Crippen LogP contribution is -2.09. The third-order valence-electron chi connectivity index (χ3n) is 3.18. The summed E-state index contributed by atoms with van der Waals surface area (Å²) in [4.78, 5) is 11.1. The highest BCUT2D eigenvalue weighted by molar-refractivity contribution is 5.86. The molecule has 0 fully saturated rings. The third kappa shape index (κ3) is 9.04. The van der Waals surface area contributed by atoms with E-state index >= 15 is 0 Å². The van der Waals surface area contributed by atoms with Crippen molar-refractivity contribution in [2.75, 3.05) is 26.4 Å². The predicted molar refractivity (Wildman–Crippen MR) is 91.8 cm³/mol. The molecule has 0 saturated carbocycles. The molecule has 1 aromatic rings. The monoisotopic (exact) mass is 320 g/mol. The van der Waals surface area contributed by atoms with Crippen LogP contribution in [0.1, 0.15) is 38.7 Å². The zero-order chi connectivity index (χ0) is 16.9. The van der Waals surface area contributed by atoms with Gasteiger partial charge in [-0.05, 0) is 31.0 Å². The number of carbonyl (C=O) groups excluding carboxylic acids is 1. The van der Waals surface area contributed by atoms with Gasteiger partial charge in [0.1, 0.15) is 5.75 Å². The third-order valence-corrected chi connectivity index (χ3v) is 3.18. The van der Waals surface area contributed by atoms with Gasteiger partial charge in [-0.1, -0.05) is 32.1 Å². The van der Waals surface area contributed by atoms with Crippen LogP contribution in [0.5, 0.6) is 5.75 Å². The highest BCUT2D eigenvalue weighted by Crippen LogP contribution is 2.13. The maximum absolute atomic E-state index is 11.1. The molecule has 128 valence electrons. The van der Waals surface area contributed by atoms with Crippen molar-refractivity contribution in [3.8, 4) is 5.75 Å². The van der Waals surface area contributed by atoms with Gasteiger partial charge in [0.05, 0.1) is 13.2 Å². The number of carbonyl (C=O) groups is 1. The van der Waals surface area contributed by atoms with Crippen molar-refractivity contribution in [2.45, 2.75) is 39.5 Å². The Morgan fingerprint density at radius 3 is 2.30 bits per heavy atom. The lowest BCUT2D eigenvalue weighted by Gasteiger charge is -2.08. The fourth-order valence-electron chi connectivity index (χ4n) is 1.94. The number of rotatable bonds is 12. The Balaban J connectivity index is 1.97. The van der Waals surface area contributed by atoms with Crippen molar-refractivity contribution in [1.82, 2.24) is 0 Å². The van der Waals surface area contributed by atoms with Gasteiger partial charge in [-0.2, -0.15) is 0 Å². The van der Waals surface area contributed by atoms with Crippen LogP contribution in [0.25, 0.3) is 0 Å². The van der Waals surface area contributed by atoms with Crippen molar-refractivity contribution >= 4 is 5.97 Å². The van der Waals surface area contributed by atoms with Crippen molar-refractivity contribution in [3.63, 3.8) is 0 Å². The van der Waals surface area contributed by atoms with Gasteiger partial charge in [-0.25, -0.2) is 4.79 Å². The molecule has 23 heavy (non-hydrogen) atoms. The topological polar surface area (TPSA) is 44.8 Å². The van der Waals surface area contributed by atoms with Gasteiger partial charge in [-0.15, -0.1) is 0 Å². The van der Waals surface area contributed by atoms with E-state index in [4.69, 9.17) is 14.2 Å². The van der Waals surface area contributed by atoms with Crippen LogP contribution in [-0.2, 0) is 20.7 Å². The Labute approximate surface area is 139 Å². The molecule has 0 bridgehead atoms. The largest absolute Gasteiger partial charge is 0.494 e. The zero-order valence-corrected chi connectivity index (χ0v) is 14.3. The van der Waals surface area contributed by atoms with Gasteiger partial charge in [0.15, 0.2) is 0 Å². The van der Waals surface area contributed by atoms with E-state index in [-0.39, 0.29) is 5.97 Å². The second kappa shape index (κ2) is 11.7. The maximum Gasteiger partial charge on any atom is 0.333 e. The molecule has 0 aliphatic rings. The Morgan fingerprint density at radius 1 is 1.04 bits per heavy atom. The highest BCUT2D eigenvalue weighted by Gasteiger charge is 2.01. The molecule has 0 atom stereocenters. The molecular weight excluding hydrogens is 292 g/mol. The van der Waals surface area contributed by atoms with Crippen LogP contribution in [0, 0.1) is 0 Å². The number of benzene rings is 1. The lowest BCUT2D eigenvalue weighted by molar-refractivity contribution is -0.139. The first-order chi connectivity index (χ1) is 11.1. The van der Waals surface area contributed by atoms with E-state index in [1.165, 1.54) is 5.56 Å². The summed E-state index contributed by atoms with van der Waals surface area (Å²) in [5.41, 5.74) is 1.77. The van der Waals surface area contributed by atoms with E-state index in [0.29, 0.717) is 38.4 Å². The number of hydrogen-bond acceptors (Lipinski definition) is 4. The Hall–Kier alpha value is -1.81. The molecule has 0 aliphatic heterocycles. The number of esters is 1. The fraction of sp³-hybridized carbons (Fsp3) is 0.526. The van der Waals surface area contributed by atoms with Crippen LogP contribution in [0.15, 0.2) is 36.4 Å². The van der Waals surface area contributed by atoms with Crippen LogP contribution in [-0.4, -0.2) is 32.4 Å². The normalized spacial score (nSPS) is 10.3. The van der Waals surface area contributed by atoms with Gasteiger partial charge in [0, 0.05) is 31.6 Å². The molecule has 0 heterocycles. The van der Waals surface area contributed by atoms with E-state index in [2.05, 4.69) is 25.6 Å². The molecule has 0 N–H and O–H groups in total. The van der Waals surface area contributed by atoms with E-state index in [1.807, 2.05) is 12.1 Å². The molecule has 1 rings (SSSR count). The van der Waals surface area contributed by atoms with Gasteiger partial charge < -0.3 is 14.2 Å². The minimum absolute atomic E-state index is 0.344. The standard InChI is InChI=1S/C19H28O4/c1-4-7-17-8-10-18(11-9-17)22-14-5-12-21-13-6-15-23-19(20)16(2)3/h8-11H,2,4-7,12-15H2,1,3H3. The second-order valence-electron chi connectivity index (χ2n) is 5.48. The van der Waals surface area contributed by atoms with Gasteiger partial charge >= 0.3 is 5.97 Å². The Kier molecular flexibility index (Phi) is 9.80. The fourth-order valence-corrected chi connectivity index (χ4v) is 1.94. The minimum atomic E-state index is -0.344. The zero-order valence-electron chi connectivity index (χ0n) is 14.3. The summed E-state index contributed by atoms with van der Waals surface area (Å²) in [6, 6.07) is 8.26. The molecule has 0 amide bonds. The lowest BCUT2D eigenvalue weighted by atomic mass is 10.1. The quantitative estimate of drug-likeness (QED) is 0.332. The SMILES string of the molecule is C=C(C)C(=O)OCCCOCCCOc1ccc(CCC)cc1. The van der Waals surface area contributed by atoms with Crippen molar-refractivity contribution in [2.24, 2.45) is 0 Å². The van der Waals surface area contributed by atoms with Crippen LogP contribution in [0.2, 0.25) is 0 Å². The predicted octanol–water partition coefficient (Wildman–Crippen LogP) is 3.93. The molecule has 4 heteroatoms. The van der Waals surface area contributed by atoms with Gasteiger partial charge in [0.2, 0.25) is 0 Å².